The van der Waals surface area contributed by atoms with Crippen LogP contribution in [0.2, 0.25) is 0 Å². The molecular weight excluding hydrogens is 223 g/mol. The number of hydrogen-bond donors (Lipinski definition) is 0. The van der Waals surface area contributed by atoms with Crippen LogP contribution in [0.25, 0.3) is 0 Å². The number of hydrogen-bond acceptors (Lipinski definition) is 1. The van der Waals surface area contributed by atoms with Crippen molar-refractivity contribution in [1.82, 2.24) is 0 Å². The molecule has 0 amide bonds. The molecule has 0 bridgehead atoms. The Bertz CT molecular complexity index is 296. The van der Waals surface area contributed by atoms with Gasteiger partial charge in [-0.2, -0.15) is 0 Å². The SMILES string of the molecule is Fc1cccc(OC2(Br)CC2)c1. The van der Waals surface area contributed by atoms with Crippen LogP contribution in [0.4, 0.5) is 4.39 Å². The van der Waals surface area contributed by atoms with Crippen molar-refractivity contribution < 1.29 is 9.13 Å². The second-order valence-electron chi connectivity index (χ2n) is 2.94. The van der Waals surface area contributed by atoms with E-state index in [0.717, 1.165) is 12.8 Å². The van der Waals surface area contributed by atoms with Crippen molar-refractivity contribution in [3.05, 3.63) is 30.1 Å². The molecule has 0 saturated heterocycles. The Hall–Kier alpha value is -0.570. The Morgan fingerprint density at radius 1 is 1.42 bits per heavy atom. The maximum Gasteiger partial charge on any atom is 0.163 e. The predicted octanol–water partition coefficient (Wildman–Crippen LogP) is 3.09. The summed E-state index contributed by atoms with van der Waals surface area (Å²) in [6.45, 7) is 0. The first-order valence-corrected chi connectivity index (χ1v) is 4.61. The average molecular weight is 231 g/mol. The molecule has 1 aliphatic rings. The van der Waals surface area contributed by atoms with E-state index in [9.17, 15) is 4.39 Å². The number of ether oxygens (including phenoxy) is 1. The molecule has 0 heterocycles. The zero-order chi connectivity index (χ0) is 8.60. The van der Waals surface area contributed by atoms with Crippen LogP contribution in [0.3, 0.4) is 0 Å². The van der Waals surface area contributed by atoms with Gasteiger partial charge in [0.1, 0.15) is 11.6 Å². The summed E-state index contributed by atoms with van der Waals surface area (Å²) in [5.41, 5.74) is 0. The van der Waals surface area contributed by atoms with Crippen LogP contribution in [0, 0.1) is 5.82 Å². The Labute approximate surface area is 78.7 Å². The molecule has 0 atom stereocenters. The van der Waals surface area contributed by atoms with Crippen molar-refractivity contribution in [2.24, 2.45) is 0 Å². The second-order valence-corrected chi connectivity index (χ2v) is 4.39. The lowest BCUT2D eigenvalue weighted by Crippen LogP contribution is -2.07. The third kappa shape index (κ3) is 1.78. The summed E-state index contributed by atoms with van der Waals surface area (Å²) < 4.78 is 17.9. The first-order chi connectivity index (χ1) is 5.68. The average Bonchev–Trinajstić information content (AvgIpc) is 2.67. The van der Waals surface area contributed by atoms with Gasteiger partial charge < -0.3 is 4.74 Å². The molecule has 2 rings (SSSR count). The fourth-order valence-electron chi connectivity index (χ4n) is 0.942. The minimum Gasteiger partial charge on any atom is -0.476 e. The van der Waals surface area contributed by atoms with E-state index in [-0.39, 0.29) is 10.3 Å². The van der Waals surface area contributed by atoms with Gasteiger partial charge in [-0.05, 0) is 28.1 Å². The van der Waals surface area contributed by atoms with Crippen molar-refractivity contribution >= 4 is 15.9 Å². The Kier molecular flexibility index (Phi) is 1.83. The van der Waals surface area contributed by atoms with Gasteiger partial charge in [-0.1, -0.05) is 6.07 Å². The summed E-state index contributed by atoms with van der Waals surface area (Å²) in [6.07, 6.45) is 1.98. The van der Waals surface area contributed by atoms with Gasteiger partial charge in [-0.3, -0.25) is 0 Å². The van der Waals surface area contributed by atoms with Gasteiger partial charge in [0.15, 0.2) is 4.51 Å². The summed E-state index contributed by atoms with van der Waals surface area (Å²) >= 11 is 3.41. The Morgan fingerprint density at radius 3 is 2.75 bits per heavy atom. The van der Waals surface area contributed by atoms with E-state index in [4.69, 9.17) is 4.74 Å². The van der Waals surface area contributed by atoms with E-state index in [0.29, 0.717) is 5.75 Å². The topological polar surface area (TPSA) is 9.23 Å². The molecule has 1 aliphatic carbocycles. The van der Waals surface area contributed by atoms with Gasteiger partial charge in [-0.25, -0.2) is 4.39 Å². The molecule has 1 nitrogen and oxygen atoms in total. The maximum absolute atomic E-state index is 12.7. The lowest BCUT2D eigenvalue weighted by Gasteiger charge is -2.10. The van der Waals surface area contributed by atoms with Crippen LogP contribution >= 0.6 is 15.9 Å². The summed E-state index contributed by atoms with van der Waals surface area (Å²) in [7, 11) is 0. The van der Waals surface area contributed by atoms with E-state index in [1.165, 1.54) is 12.1 Å². The molecule has 12 heavy (non-hydrogen) atoms. The highest BCUT2D eigenvalue weighted by Gasteiger charge is 2.42. The molecule has 0 unspecified atom stereocenters. The monoisotopic (exact) mass is 230 g/mol. The van der Waals surface area contributed by atoms with E-state index in [1.807, 2.05) is 0 Å². The second kappa shape index (κ2) is 2.73. The molecule has 0 radical (unpaired) electrons. The molecule has 1 fully saturated rings. The van der Waals surface area contributed by atoms with E-state index in [2.05, 4.69) is 15.9 Å². The molecule has 1 aromatic rings. The lowest BCUT2D eigenvalue weighted by molar-refractivity contribution is 0.277. The first-order valence-electron chi connectivity index (χ1n) is 3.81. The summed E-state index contributed by atoms with van der Waals surface area (Å²) in [5, 5.41) is 0. The lowest BCUT2D eigenvalue weighted by atomic mass is 10.3. The smallest absolute Gasteiger partial charge is 0.163 e. The van der Waals surface area contributed by atoms with Crippen LogP contribution in [-0.4, -0.2) is 4.51 Å². The molecular formula is C9H8BrFO. The van der Waals surface area contributed by atoms with Crippen molar-refractivity contribution in [2.75, 3.05) is 0 Å². The normalized spacial score (nSPS) is 18.8. The zero-order valence-corrected chi connectivity index (χ0v) is 7.97. The largest absolute Gasteiger partial charge is 0.476 e. The first kappa shape index (κ1) is 8.05. The van der Waals surface area contributed by atoms with Gasteiger partial charge in [0.25, 0.3) is 0 Å². The van der Waals surface area contributed by atoms with Gasteiger partial charge >= 0.3 is 0 Å². The van der Waals surface area contributed by atoms with Crippen LogP contribution < -0.4 is 4.74 Å². The fourth-order valence-corrected chi connectivity index (χ4v) is 1.33. The highest BCUT2D eigenvalue weighted by atomic mass is 79.9. The third-order valence-corrected chi connectivity index (χ3v) is 2.69. The fraction of sp³-hybridized carbons (Fsp3) is 0.333. The van der Waals surface area contributed by atoms with Crippen molar-refractivity contribution in [2.45, 2.75) is 17.4 Å². The molecule has 0 N–H and O–H groups in total. The Balaban J connectivity index is 2.12. The Morgan fingerprint density at radius 2 is 2.17 bits per heavy atom. The molecule has 1 saturated carbocycles. The van der Waals surface area contributed by atoms with Gasteiger partial charge in [0.2, 0.25) is 0 Å². The predicted molar refractivity (Wildman–Crippen MR) is 47.9 cm³/mol. The van der Waals surface area contributed by atoms with E-state index < -0.39 is 0 Å². The van der Waals surface area contributed by atoms with Crippen molar-refractivity contribution in [1.29, 1.82) is 0 Å². The molecule has 3 heteroatoms. The summed E-state index contributed by atoms with van der Waals surface area (Å²) in [6, 6.07) is 6.19. The van der Waals surface area contributed by atoms with Crippen LogP contribution in [-0.2, 0) is 0 Å². The summed E-state index contributed by atoms with van der Waals surface area (Å²) in [4.78, 5) is 0. The zero-order valence-electron chi connectivity index (χ0n) is 6.39. The number of rotatable bonds is 2. The van der Waals surface area contributed by atoms with Gasteiger partial charge in [0, 0.05) is 18.9 Å². The highest BCUT2D eigenvalue weighted by Crippen LogP contribution is 2.45. The number of benzene rings is 1. The van der Waals surface area contributed by atoms with Gasteiger partial charge in [0.05, 0.1) is 0 Å². The quantitative estimate of drug-likeness (QED) is 0.710. The van der Waals surface area contributed by atoms with E-state index >= 15 is 0 Å². The van der Waals surface area contributed by atoms with E-state index in [1.54, 1.807) is 12.1 Å². The van der Waals surface area contributed by atoms with Crippen molar-refractivity contribution in [3.8, 4) is 5.75 Å². The molecule has 0 aromatic heterocycles. The molecule has 0 spiro atoms. The maximum atomic E-state index is 12.7. The highest BCUT2D eigenvalue weighted by molar-refractivity contribution is 9.10. The van der Waals surface area contributed by atoms with Crippen LogP contribution in [0.1, 0.15) is 12.8 Å². The van der Waals surface area contributed by atoms with Gasteiger partial charge in [-0.15, -0.1) is 0 Å². The number of halogens is 2. The standard InChI is InChI=1S/C9H8BrFO/c10-9(4-5-9)12-8-3-1-2-7(11)6-8/h1-3,6H,4-5H2. The number of alkyl halides is 1. The third-order valence-electron chi connectivity index (χ3n) is 1.74. The van der Waals surface area contributed by atoms with Crippen LogP contribution in [0.15, 0.2) is 24.3 Å². The molecule has 64 valence electrons. The van der Waals surface area contributed by atoms with Crippen LogP contribution in [0.5, 0.6) is 5.75 Å². The molecule has 1 aromatic carbocycles. The minimum absolute atomic E-state index is 0.208. The summed E-state index contributed by atoms with van der Waals surface area (Å²) in [5.74, 6) is 0.327. The molecule has 0 aliphatic heterocycles. The van der Waals surface area contributed by atoms with Crippen molar-refractivity contribution in [3.63, 3.8) is 0 Å². The minimum atomic E-state index is -0.260.